The molecule has 1 amide bonds. The number of benzene rings is 1. The van der Waals surface area contributed by atoms with Gasteiger partial charge in [0.25, 0.3) is 0 Å². The molecule has 0 aromatic heterocycles. The molecule has 1 aromatic rings. The predicted octanol–water partition coefficient (Wildman–Crippen LogP) is 0.793. The number of carbonyl (C=O) groups excluding carboxylic acids is 1. The van der Waals surface area contributed by atoms with E-state index in [9.17, 15) is 4.79 Å². The molecule has 2 heterocycles. The molecular formula is C16H22N2O4. The molecule has 1 saturated heterocycles. The van der Waals surface area contributed by atoms with E-state index >= 15 is 0 Å². The fraction of sp³-hybridized carbons (Fsp3) is 0.562. The van der Waals surface area contributed by atoms with Crippen LogP contribution in [0.5, 0.6) is 11.5 Å². The van der Waals surface area contributed by atoms with Crippen molar-refractivity contribution in [1.29, 1.82) is 0 Å². The Morgan fingerprint density at radius 3 is 3.00 bits per heavy atom. The van der Waals surface area contributed by atoms with E-state index in [1.165, 1.54) is 0 Å². The summed E-state index contributed by atoms with van der Waals surface area (Å²) in [6.45, 7) is 4.55. The molecule has 0 unspecified atom stereocenters. The highest BCUT2D eigenvalue weighted by molar-refractivity contribution is 5.79. The van der Waals surface area contributed by atoms with Crippen molar-refractivity contribution >= 4 is 5.91 Å². The van der Waals surface area contributed by atoms with Gasteiger partial charge in [-0.05, 0) is 31.7 Å². The summed E-state index contributed by atoms with van der Waals surface area (Å²) in [7, 11) is 2.04. The lowest BCUT2D eigenvalue weighted by Gasteiger charge is -2.19. The van der Waals surface area contributed by atoms with Gasteiger partial charge in [-0.3, -0.25) is 4.79 Å². The number of fused-ring (bicyclic) bond motifs is 1. The van der Waals surface area contributed by atoms with Crippen LogP contribution in [0.25, 0.3) is 0 Å². The fourth-order valence-corrected chi connectivity index (χ4v) is 2.98. The van der Waals surface area contributed by atoms with E-state index in [1.807, 2.05) is 32.2 Å². The summed E-state index contributed by atoms with van der Waals surface area (Å²) in [5.41, 5.74) is 0.918. The van der Waals surface area contributed by atoms with Crippen LogP contribution >= 0.6 is 0 Å². The van der Waals surface area contributed by atoms with E-state index in [4.69, 9.17) is 14.2 Å². The lowest BCUT2D eigenvalue weighted by atomic mass is 10.1. The zero-order valence-electron chi connectivity index (χ0n) is 13.0. The predicted molar refractivity (Wildman–Crippen MR) is 81.1 cm³/mol. The Hall–Kier alpha value is -1.79. The quantitative estimate of drug-likeness (QED) is 0.872. The van der Waals surface area contributed by atoms with Crippen molar-refractivity contribution in [3.8, 4) is 11.5 Å². The molecule has 0 spiro atoms. The zero-order chi connectivity index (χ0) is 15.5. The van der Waals surface area contributed by atoms with Gasteiger partial charge >= 0.3 is 0 Å². The maximum Gasteiger partial charge on any atom is 0.231 e. The minimum atomic E-state index is 0.00358. The number of likely N-dealkylation sites (tertiary alicyclic amines) is 1. The Kier molecular flexibility index (Phi) is 4.49. The molecule has 1 fully saturated rings. The molecule has 6 nitrogen and oxygen atoms in total. The number of likely N-dealkylation sites (N-methyl/N-ethyl adjacent to an activating group) is 1. The smallest absolute Gasteiger partial charge is 0.231 e. The maximum atomic E-state index is 12.3. The monoisotopic (exact) mass is 306 g/mol. The van der Waals surface area contributed by atoms with Gasteiger partial charge in [0.1, 0.15) is 0 Å². The van der Waals surface area contributed by atoms with Crippen molar-refractivity contribution in [3.05, 3.63) is 23.8 Å². The number of nitrogens with zero attached hydrogens (tertiary/aromatic N) is 1. The third-order valence-electron chi connectivity index (χ3n) is 3.98. The molecule has 120 valence electrons. The van der Waals surface area contributed by atoms with Crippen LogP contribution in [0.4, 0.5) is 0 Å². The Morgan fingerprint density at radius 2 is 2.18 bits per heavy atom. The second kappa shape index (κ2) is 6.54. The largest absolute Gasteiger partial charge is 0.454 e. The summed E-state index contributed by atoms with van der Waals surface area (Å²) >= 11 is 0. The number of amides is 1. The lowest BCUT2D eigenvalue weighted by Crippen LogP contribution is -2.44. The number of rotatable bonds is 5. The molecule has 3 rings (SSSR count). The number of carbonyl (C=O) groups is 1. The number of nitrogens with one attached hydrogen (secondary N) is 1. The second-order valence-corrected chi connectivity index (χ2v) is 5.75. The first-order valence-corrected chi connectivity index (χ1v) is 7.63. The van der Waals surface area contributed by atoms with Crippen LogP contribution < -0.4 is 14.8 Å². The Labute approximate surface area is 130 Å². The lowest BCUT2D eigenvalue weighted by molar-refractivity contribution is -0.121. The number of hydrogen-bond acceptors (Lipinski definition) is 5. The molecule has 0 radical (unpaired) electrons. The third kappa shape index (κ3) is 3.34. The van der Waals surface area contributed by atoms with Gasteiger partial charge in [-0.1, -0.05) is 6.07 Å². The van der Waals surface area contributed by atoms with Crippen LogP contribution in [0.15, 0.2) is 18.2 Å². The highest BCUT2D eigenvalue weighted by Gasteiger charge is 2.32. The first-order chi connectivity index (χ1) is 10.7. The zero-order valence-corrected chi connectivity index (χ0v) is 13.0. The minimum Gasteiger partial charge on any atom is -0.454 e. The molecule has 2 atom stereocenters. The first kappa shape index (κ1) is 15.1. The molecule has 2 aliphatic rings. The van der Waals surface area contributed by atoms with Gasteiger partial charge in [-0.2, -0.15) is 0 Å². The van der Waals surface area contributed by atoms with E-state index in [0.29, 0.717) is 18.8 Å². The van der Waals surface area contributed by atoms with Crippen molar-refractivity contribution in [2.45, 2.75) is 25.5 Å². The Morgan fingerprint density at radius 1 is 1.36 bits per heavy atom. The van der Waals surface area contributed by atoms with E-state index in [2.05, 4.69) is 10.2 Å². The van der Waals surface area contributed by atoms with E-state index < -0.39 is 0 Å². The molecule has 0 bridgehead atoms. The van der Waals surface area contributed by atoms with Crippen LogP contribution in [0.3, 0.4) is 0 Å². The van der Waals surface area contributed by atoms with Crippen LogP contribution in [0, 0.1) is 0 Å². The van der Waals surface area contributed by atoms with Crippen LogP contribution in [-0.2, 0) is 16.0 Å². The normalized spacial score (nSPS) is 23.7. The standard InChI is InChI=1S/C16H22N2O4/c1-3-20-15-9-18(2)8-12(15)17-16(19)7-11-4-5-13-14(6-11)22-10-21-13/h4-6,12,15H,3,7-10H2,1-2H3,(H,17,19)/t12-,15-/m0/s1. The highest BCUT2D eigenvalue weighted by Crippen LogP contribution is 2.32. The van der Waals surface area contributed by atoms with Gasteiger partial charge in [-0.15, -0.1) is 0 Å². The first-order valence-electron chi connectivity index (χ1n) is 7.63. The molecule has 22 heavy (non-hydrogen) atoms. The summed E-state index contributed by atoms with van der Waals surface area (Å²) in [5.74, 6) is 1.44. The van der Waals surface area contributed by atoms with Gasteiger partial charge in [0.15, 0.2) is 11.5 Å². The maximum absolute atomic E-state index is 12.3. The van der Waals surface area contributed by atoms with Crippen molar-refractivity contribution in [2.24, 2.45) is 0 Å². The Bertz CT molecular complexity index is 549. The van der Waals surface area contributed by atoms with Crippen molar-refractivity contribution in [3.63, 3.8) is 0 Å². The number of hydrogen-bond donors (Lipinski definition) is 1. The summed E-state index contributed by atoms with van der Waals surface area (Å²) in [6, 6.07) is 5.65. The molecule has 0 saturated carbocycles. The topological polar surface area (TPSA) is 60.0 Å². The fourth-order valence-electron chi connectivity index (χ4n) is 2.98. The van der Waals surface area contributed by atoms with Crippen LogP contribution in [0.2, 0.25) is 0 Å². The molecule has 1 N–H and O–H groups in total. The Balaban J connectivity index is 1.58. The van der Waals surface area contributed by atoms with E-state index in [1.54, 1.807) is 0 Å². The average Bonchev–Trinajstić information content (AvgIpc) is 3.05. The second-order valence-electron chi connectivity index (χ2n) is 5.75. The van der Waals surface area contributed by atoms with Gasteiger partial charge < -0.3 is 24.4 Å². The van der Waals surface area contributed by atoms with Crippen LogP contribution in [-0.4, -0.2) is 56.5 Å². The van der Waals surface area contributed by atoms with Gasteiger partial charge in [0, 0.05) is 19.7 Å². The minimum absolute atomic E-state index is 0.00358. The van der Waals surface area contributed by atoms with Gasteiger partial charge in [0.2, 0.25) is 12.7 Å². The van der Waals surface area contributed by atoms with Crippen LogP contribution in [0.1, 0.15) is 12.5 Å². The third-order valence-corrected chi connectivity index (χ3v) is 3.98. The highest BCUT2D eigenvalue weighted by atomic mass is 16.7. The molecule has 0 aliphatic carbocycles. The summed E-state index contributed by atoms with van der Waals surface area (Å²) in [5, 5.41) is 3.08. The molecule has 2 aliphatic heterocycles. The SMILES string of the molecule is CCO[C@H]1CN(C)C[C@@H]1NC(=O)Cc1ccc2c(c1)OCO2. The van der Waals surface area contributed by atoms with E-state index in [-0.39, 0.29) is 24.8 Å². The molecular weight excluding hydrogens is 284 g/mol. The summed E-state index contributed by atoms with van der Waals surface area (Å²) in [4.78, 5) is 14.4. The summed E-state index contributed by atoms with van der Waals surface area (Å²) < 4.78 is 16.3. The van der Waals surface area contributed by atoms with Crippen molar-refractivity contribution in [2.75, 3.05) is 33.5 Å². The van der Waals surface area contributed by atoms with Gasteiger partial charge in [0.05, 0.1) is 18.6 Å². The number of ether oxygens (including phenoxy) is 3. The molecule has 6 heteroatoms. The average molecular weight is 306 g/mol. The van der Waals surface area contributed by atoms with Gasteiger partial charge in [-0.25, -0.2) is 0 Å². The van der Waals surface area contributed by atoms with Crippen molar-refractivity contribution < 1.29 is 19.0 Å². The summed E-state index contributed by atoms with van der Waals surface area (Å²) in [6.07, 6.45) is 0.395. The van der Waals surface area contributed by atoms with E-state index in [0.717, 1.165) is 24.4 Å². The van der Waals surface area contributed by atoms with Crippen molar-refractivity contribution in [1.82, 2.24) is 10.2 Å². The molecule has 1 aromatic carbocycles.